The summed E-state index contributed by atoms with van der Waals surface area (Å²) < 4.78 is 2.88. The number of aryl methyl sites for hydroxylation is 1. The Balaban J connectivity index is 2.82. The smallest absolute Gasteiger partial charge is 0.195 e. The second-order valence-electron chi connectivity index (χ2n) is 6.02. The summed E-state index contributed by atoms with van der Waals surface area (Å²) in [5.74, 6) is 1.79. The average Bonchev–Trinajstić information content (AvgIpc) is 2.43. The molecule has 4 heteroatoms. The zero-order chi connectivity index (χ0) is 12.3. The minimum absolute atomic E-state index is 0.231. The van der Waals surface area contributed by atoms with Crippen molar-refractivity contribution in [3.63, 3.8) is 0 Å². The van der Waals surface area contributed by atoms with E-state index in [0.29, 0.717) is 5.92 Å². The number of hydrogen-bond acceptors (Lipinski definition) is 2. The summed E-state index contributed by atoms with van der Waals surface area (Å²) in [6.07, 6.45) is 2.16. The monoisotopic (exact) mass is 241 g/mol. The molecule has 0 aromatic carbocycles. The van der Waals surface area contributed by atoms with Gasteiger partial charge in [-0.2, -0.15) is 5.10 Å². The molecule has 0 unspecified atom stereocenters. The van der Waals surface area contributed by atoms with Crippen LogP contribution < -0.4 is 0 Å². The number of nitrogens with zero attached hydrogens (tertiary/aromatic N) is 2. The van der Waals surface area contributed by atoms with Crippen LogP contribution >= 0.6 is 12.2 Å². The van der Waals surface area contributed by atoms with Crippen molar-refractivity contribution in [1.29, 1.82) is 0 Å². The van der Waals surface area contributed by atoms with Gasteiger partial charge in [-0.3, -0.25) is 5.10 Å². The third-order valence-electron chi connectivity index (χ3n) is 2.42. The molecule has 0 aliphatic heterocycles. The lowest BCUT2D eigenvalue weighted by atomic mass is 9.97. The second-order valence-corrected chi connectivity index (χ2v) is 6.41. The molecule has 3 nitrogen and oxygen atoms in total. The lowest BCUT2D eigenvalue weighted by Gasteiger charge is -2.20. The van der Waals surface area contributed by atoms with Crippen LogP contribution in [0, 0.1) is 16.1 Å². The van der Waals surface area contributed by atoms with Crippen LogP contribution in [-0.4, -0.2) is 14.8 Å². The molecule has 16 heavy (non-hydrogen) atoms. The molecule has 0 saturated heterocycles. The Morgan fingerprint density at radius 2 is 2.00 bits per heavy atom. The van der Waals surface area contributed by atoms with Crippen molar-refractivity contribution in [2.45, 2.75) is 54.0 Å². The molecule has 1 heterocycles. The summed E-state index contributed by atoms with van der Waals surface area (Å²) in [6.45, 7) is 12.0. The molecule has 0 aliphatic carbocycles. The van der Waals surface area contributed by atoms with Crippen LogP contribution in [0.15, 0.2) is 0 Å². The molecule has 0 bridgehead atoms. The minimum atomic E-state index is 0.231. The summed E-state index contributed by atoms with van der Waals surface area (Å²) in [5.41, 5.74) is 0.231. The molecular weight excluding hydrogens is 218 g/mol. The molecule has 1 aromatic heterocycles. The number of hydrogen-bond donors (Lipinski definition) is 1. The van der Waals surface area contributed by atoms with Gasteiger partial charge in [0.25, 0.3) is 0 Å². The van der Waals surface area contributed by atoms with E-state index in [-0.39, 0.29) is 5.41 Å². The number of rotatable bonds is 4. The summed E-state index contributed by atoms with van der Waals surface area (Å²) in [6, 6.07) is 0. The predicted octanol–water partition coefficient (Wildman–Crippen LogP) is 3.58. The lowest BCUT2D eigenvalue weighted by Crippen LogP contribution is -2.18. The van der Waals surface area contributed by atoms with Crippen molar-refractivity contribution >= 4 is 12.2 Å². The second kappa shape index (κ2) is 5.13. The molecule has 0 spiro atoms. The van der Waals surface area contributed by atoms with E-state index in [4.69, 9.17) is 12.2 Å². The Bertz CT molecular complexity index is 382. The highest BCUT2D eigenvalue weighted by Gasteiger charge is 2.15. The number of aromatic amines is 1. The zero-order valence-electron chi connectivity index (χ0n) is 11.0. The predicted molar refractivity (Wildman–Crippen MR) is 70.0 cm³/mol. The summed E-state index contributed by atoms with van der Waals surface area (Å²) >= 11 is 5.27. The molecular formula is C12H23N3S. The Morgan fingerprint density at radius 1 is 1.38 bits per heavy atom. The van der Waals surface area contributed by atoms with Gasteiger partial charge >= 0.3 is 0 Å². The van der Waals surface area contributed by atoms with Crippen LogP contribution in [0.1, 0.15) is 46.9 Å². The lowest BCUT2D eigenvalue weighted by molar-refractivity contribution is 0.334. The molecule has 0 fully saturated rings. The number of H-pyrrole nitrogens is 1. The van der Waals surface area contributed by atoms with Crippen LogP contribution in [0.3, 0.4) is 0 Å². The summed E-state index contributed by atoms with van der Waals surface area (Å²) in [5, 5.41) is 7.22. The van der Waals surface area contributed by atoms with Crippen LogP contribution in [0.2, 0.25) is 0 Å². The first-order valence-corrected chi connectivity index (χ1v) is 6.34. The van der Waals surface area contributed by atoms with Crippen molar-refractivity contribution in [1.82, 2.24) is 14.8 Å². The van der Waals surface area contributed by atoms with Crippen molar-refractivity contribution in [2.75, 3.05) is 0 Å². The van der Waals surface area contributed by atoms with Crippen LogP contribution in [0.5, 0.6) is 0 Å². The topological polar surface area (TPSA) is 33.6 Å². The Hall–Kier alpha value is -0.640. The fraction of sp³-hybridized carbons (Fsp3) is 0.833. The van der Waals surface area contributed by atoms with Crippen molar-refractivity contribution < 1.29 is 0 Å². The Labute approximate surface area is 103 Å². The fourth-order valence-electron chi connectivity index (χ4n) is 1.60. The van der Waals surface area contributed by atoms with E-state index in [1.54, 1.807) is 0 Å². The van der Waals surface area contributed by atoms with E-state index in [1.807, 2.05) is 0 Å². The molecule has 0 amide bonds. The Kier molecular flexibility index (Phi) is 4.30. The van der Waals surface area contributed by atoms with Crippen molar-refractivity contribution in [3.05, 3.63) is 10.6 Å². The molecule has 0 radical (unpaired) electrons. The fourth-order valence-corrected chi connectivity index (χ4v) is 1.81. The molecule has 1 aromatic rings. The molecule has 92 valence electrons. The minimum Gasteiger partial charge on any atom is -0.304 e. The van der Waals surface area contributed by atoms with E-state index in [0.717, 1.165) is 30.0 Å². The third kappa shape index (κ3) is 4.08. The quantitative estimate of drug-likeness (QED) is 0.818. The molecule has 0 atom stereocenters. The highest BCUT2D eigenvalue weighted by Crippen LogP contribution is 2.18. The van der Waals surface area contributed by atoms with Crippen molar-refractivity contribution in [3.8, 4) is 0 Å². The van der Waals surface area contributed by atoms with Gasteiger partial charge in [0.1, 0.15) is 5.82 Å². The third-order valence-corrected chi connectivity index (χ3v) is 2.73. The first-order chi connectivity index (χ1) is 7.29. The van der Waals surface area contributed by atoms with Gasteiger partial charge < -0.3 is 4.57 Å². The van der Waals surface area contributed by atoms with Gasteiger partial charge in [0.05, 0.1) is 0 Å². The SMILES string of the molecule is CC(C)CCc1n[nH]c(=S)n1CC(C)(C)C. The van der Waals surface area contributed by atoms with E-state index in [2.05, 4.69) is 49.4 Å². The summed E-state index contributed by atoms with van der Waals surface area (Å²) in [7, 11) is 0. The van der Waals surface area contributed by atoms with E-state index in [1.165, 1.54) is 0 Å². The first kappa shape index (κ1) is 13.4. The van der Waals surface area contributed by atoms with Gasteiger partial charge in [-0.05, 0) is 30.0 Å². The highest BCUT2D eigenvalue weighted by molar-refractivity contribution is 7.71. The molecule has 0 saturated carbocycles. The highest BCUT2D eigenvalue weighted by atomic mass is 32.1. The van der Waals surface area contributed by atoms with Gasteiger partial charge in [0, 0.05) is 13.0 Å². The van der Waals surface area contributed by atoms with Crippen LogP contribution in [0.4, 0.5) is 0 Å². The van der Waals surface area contributed by atoms with Gasteiger partial charge in [0.2, 0.25) is 0 Å². The van der Waals surface area contributed by atoms with Crippen molar-refractivity contribution in [2.24, 2.45) is 11.3 Å². The van der Waals surface area contributed by atoms with Gasteiger partial charge in [0.15, 0.2) is 4.77 Å². The maximum Gasteiger partial charge on any atom is 0.195 e. The maximum atomic E-state index is 5.27. The molecule has 0 aliphatic rings. The van der Waals surface area contributed by atoms with E-state index >= 15 is 0 Å². The largest absolute Gasteiger partial charge is 0.304 e. The first-order valence-electron chi connectivity index (χ1n) is 5.93. The van der Waals surface area contributed by atoms with Gasteiger partial charge in [-0.15, -0.1) is 0 Å². The van der Waals surface area contributed by atoms with Crippen LogP contribution in [0.25, 0.3) is 0 Å². The number of nitrogens with one attached hydrogen (secondary N) is 1. The van der Waals surface area contributed by atoms with E-state index < -0.39 is 0 Å². The van der Waals surface area contributed by atoms with Gasteiger partial charge in [-0.25, -0.2) is 0 Å². The normalized spacial score (nSPS) is 12.4. The van der Waals surface area contributed by atoms with Gasteiger partial charge in [-0.1, -0.05) is 34.6 Å². The van der Waals surface area contributed by atoms with E-state index in [9.17, 15) is 0 Å². The molecule has 1 rings (SSSR count). The standard InChI is InChI=1S/C12H23N3S/c1-9(2)6-7-10-13-14-11(16)15(10)8-12(3,4)5/h9H,6-8H2,1-5H3,(H,14,16). The van der Waals surface area contributed by atoms with Crippen LogP contribution in [-0.2, 0) is 13.0 Å². The Morgan fingerprint density at radius 3 is 2.50 bits per heavy atom. The molecule has 1 N–H and O–H groups in total. The average molecular weight is 241 g/mol. The number of aromatic nitrogens is 3. The summed E-state index contributed by atoms with van der Waals surface area (Å²) in [4.78, 5) is 0. The zero-order valence-corrected chi connectivity index (χ0v) is 11.8. The maximum absolute atomic E-state index is 5.27.